The second kappa shape index (κ2) is 6.67. The summed E-state index contributed by atoms with van der Waals surface area (Å²) in [7, 11) is 0. The minimum Gasteiger partial charge on any atom is -0.309 e. The van der Waals surface area contributed by atoms with Gasteiger partial charge in [0.15, 0.2) is 0 Å². The molecule has 2 aliphatic heterocycles. The normalized spacial score (nSPS) is 18.9. The maximum atomic E-state index is 6.24. The molecule has 2 aliphatic rings. The molecule has 124 valence electrons. The van der Waals surface area contributed by atoms with Crippen molar-refractivity contribution in [1.29, 1.82) is 0 Å². The summed E-state index contributed by atoms with van der Waals surface area (Å²) in [6.45, 7) is 7.65. The molecule has 4 rings (SSSR count). The standard InChI is InChI=1S/C18H25N3OS/c1-2-8-19-10-5-15(6-11-19)14-22-21-13-16-4-3-9-20(16)18-17(21)7-12-23-18/h3-4,7,9,12,15H,2,5-6,8,10-11,13-14H2,1H3. The fourth-order valence-electron chi connectivity index (χ4n) is 3.64. The fourth-order valence-corrected chi connectivity index (χ4v) is 4.55. The molecule has 0 radical (unpaired) electrons. The van der Waals surface area contributed by atoms with Gasteiger partial charge >= 0.3 is 0 Å². The molecule has 0 atom stereocenters. The van der Waals surface area contributed by atoms with Gasteiger partial charge in [-0.2, -0.15) is 0 Å². The van der Waals surface area contributed by atoms with E-state index in [1.807, 2.05) is 0 Å². The van der Waals surface area contributed by atoms with Crippen molar-refractivity contribution in [3.05, 3.63) is 35.5 Å². The Bertz CT molecular complexity index is 642. The van der Waals surface area contributed by atoms with E-state index in [1.165, 1.54) is 55.3 Å². The summed E-state index contributed by atoms with van der Waals surface area (Å²) in [5.41, 5.74) is 2.51. The number of thiophene rings is 1. The lowest BCUT2D eigenvalue weighted by Crippen LogP contribution is -2.37. The number of likely N-dealkylation sites (tertiary alicyclic amines) is 1. The SMILES string of the molecule is CCCN1CCC(CON2Cc3cccn3-c3sccc32)CC1. The molecule has 0 N–H and O–H groups in total. The maximum absolute atomic E-state index is 6.24. The van der Waals surface area contributed by atoms with Crippen LogP contribution >= 0.6 is 11.3 Å². The van der Waals surface area contributed by atoms with E-state index in [0.717, 1.165) is 13.2 Å². The number of nitrogens with zero attached hydrogens (tertiary/aromatic N) is 3. The Morgan fingerprint density at radius 2 is 2.13 bits per heavy atom. The van der Waals surface area contributed by atoms with Gasteiger partial charge in [0.1, 0.15) is 5.00 Å². The van der Waals surface area contributed by atoms with Crippen LogP contribution in [0.4, 0.5) is 5.69 Å². The van der Waals surface area contributed by atoms with Crippen molar-refractivity contribution in [2.75, 3.05) is 31.3 Å². The summed E-state index contributed by atoms with van der Waals surface area (Å²) in [6.07, 6.45) is 5.93. The van der Waals surface area contributed by atoms with Gasteiger partial charge in [-0.05, 0) is 68.4 Å². The number of fused-ring (bicyclic) bond motifs is 3. The summed E-state index contributed by atoms with van der Waals surface area (Å²) in [5, 5.41) is 5.52. The highest BCUT2D eigenvalue weighted by atomic mass is 32.1. The van der Waals surface area contributed by atoms with Crippen molar-refractivity contribution in [2.24, 2.45) is 5.92 Å². The number of piperidine rings is 1. The molecule has 0 aromatic carbocycles. The average Bonchev–Trinajstić information content (AvgIpc) is 3.22. The van der Waals surface area contributed by atoms with Crippen LogP contribution in [-0.2, 0) is 11.4 Å². The molecule has 23 heavy (non-hydrogen) atoms. The smallest absolute Gasteiger partial charge is 0.126 e. The van der Waals surface area contributed by atoms with Crippen LogP contribution in [0.1, 0.15) is 31.9 Å². The molecule has 1 fully saturated rings. The fraction of sp³-hybridized carbons (Fsp3) is 0.556. The highest BCUT2D eigenvalue weighted by Crippen LogP contribution is 2.37. The first-order chi connectivity index (χ1) is 11.3. The van der Waals surface area contributed by atoms with E-state index in [9.17, 15) is 0 Å². The summed E-state index contributed by atoms with van der Waals surface area (Å²) in [6, 6.07) is 6.47. The van der Waals surface area contributed by atoms with Gasteiger partial charge in [0.05, 0.1) is 18.8 Å². The van der Waals surface area contributed by atoms with Crippen LogP contribution in [0, 0.1) is 5.92 Å². The molecule has 2 aromatic rings. The zero-order valence-electron chi connectivity index (χ0n) is 13.8. The Morgan fingerprint density at radius 3 is 2.96 bits per heavy atom. The van der Waals surface area contributed by atoms with Gasteiger partial charge in [-0.1, -0.05) is 6.92 Å². The molecule has 0 bridgehead atoms. The van der Waals surface area contributed by atoms with Gasteiger partial charge in [-0.25, -0.2) is 5.06 Å². The zero-order valence-corrected chi connectivity index (χ0v) is 14.6. The van der Waals surface area contributed by atoms with Gasteiger partial charge in [0.25, 0.3) is 0 Å². The number of hydroxylamine groups is 1. The molecule has 1 saturated heterocycles. The molecule has 0 amide bonds. The van der Waals surface area contributed by atoms with E-state index >= 15 is 0 Å². The third-order valence-electron chi connectivity index (χ3n) is 4.96. The number of hydrogen-bond acceptors (Lipinski definition) is 4. The minimum atomic E-state index is 0.693. The van der Waals surface area contributed by atoms with Crippen LogP contribution in [0.5, 0.6) is 0 Å². The Hall–Kier alpha value is -1.30. The van der Waals surface area contributed by atoms with Gasteiger partial charge in [0, 0.05) is 11.9 Å². The number of hydrogen-bond donors (Lipinski definition) is 0. The Labute approximate surface area is 142 Å². The second-order valence-electron chi connectivity index (χ2n) is 6.60. The maximum Gasteiger partial charge on any atom is 0.126 e. The molecule has 0 unspecified atom stereocenters. The van der Waals surface area contributed by atoms with Crippen molar-refractivity contribution >= 4 is 17.0 Å². The monoisotopic (exact) mass is 331 g/mol. The number of aromatic nitrogens is 1. The first kappa shape index (κ1) is 15.2. The van der Waals surface area contributed by atoms with Crippen molar-refractivity contribution in [1.82, 2.24) is 9.47 Å². The predicted molar refractivity (Wildman–Crippen MR) is 95.2 cm³/mol. The first-order valence-electron chi connectivity index (χ1n) is 8.72. The van der Waals surface area contributed by atoms with Crippen molar-refractivity contribution in [2.45, 2.75) is 32.7 Å². The molecule has 2 aromatic heterocycles. The molecule has 5 heteroatoms. The van der Waals surface area contributed by atoms with Crippen LogP contribution in [0.2, 0.25) is 0 Å². The van der Waals surface area contributed by atoms with E-state index in [1.54, 1.807) is 11.3 Å². The lowest BCUT2D eigenvalue weighted by molar-refractivity contribution is 0.0468. The highest BCUT2D eigenvalue weighted by Gasteiger charge is 2.25. The third kappa shape index (κ3) is 3.05. The van der Waals surface area contributed by atoms with Gasteiger partial charge < -0.3 is 9.47 Å². The van der Waals surface area contributed by atoms with Crippen molar-refractivity contribution in [3.63, 3.8) is 0 Å². The van der Waals surface area contributed by atoms with Crippen LogP contribution in [0.15, 0.2) is 29.8 Å². The largest absolute Gasteiger partial charge is 0.309 e. The minimum absolute atomic E-state index is 0.693. The van der Waals surface area contributed by atoms with Crippen molar-refractivity contribution < 1.29 is 4.84 Å². The van der Waals surface area contributed by atoms with Crippen LogP contribution in [-0.4, -0.2) is 35.7 Å². The molecule has 0 saturated carbocycles. The van der Waals surface area contributed by atoms with Gasteiger partial charge in [-0.15, -0.1) is 11.3 Å². The van der Waals surface area contributed by atoms with E-state index in [-0.39, 0.29) is 0 Å². The topological polar surface area (TPSA) is 20.6 Å². The summed E-state index contributed by atoms with van der Waals surface area (Å²) < 4.78 is 2.28. The summed E-state index contributed by atoms with van der Waals surface area (Å²) in [5.74, 6) is 0.693. The molecule has 0 spiro atoms. The van der Waals surface area contributed by atoms with Gasteiger partial charge in [0.2, 0.25) is 0 Å². The van der Waals surface area contributed by atoms with Crippen LogP contribution < -0.4 is 5.06 Å². The lowest BCUT2D eigenvalue weighted by atomic mass is 9.98. The lowest BCUT2D eigenvalue weighted by Gasteiger charge is -2.34. The second-order valence-corrected chi connectivity index (χ2v) is 7.49. The zero-order chi connectivity index (χ0) is 15.6. The molecular formula is C18H25N3OS. The van der Waals surface area contributed by atoms with E-state index in [4.69, 9.17) is 4.84 Å². The predicted octanol–water partition coefficient (Wildman–Crippen LogP) is 3.91. The van der Waals surface area contributed by atoms with Crippen molar-refractivity contribution in [3.8, 4) is 5.00 Å². The molecular weight excluding hydrogens is 306 g/mol. The summed E-state index contributed by atoms with van der Waals surface area (Å²) in [4.78, 5) is 8.82. The summed E-state index contributed by atoms with van der Waals surface area (Å²) >= 11 is 1.78. The Balaban J connectivity index is 1.36. The molecule has 0 aliphatic carbocycles. The van der Waals surface area contributed by atoms with E-state index in [0.29, 0.717) is 5.92 Å². The first-order valence-corrected chi connectivity index (χ1v) is 9.60. The quantitative estimate of drug-likeness (QED) is 0.828. The average molecular weight is 331 g/mol. The van der Waals surface area contributed by atoms with E-state index < -0.39 is 0 Å². The molecule has 4 heterocycles. The Kier molecular flexibility index (Phi) is 4.42. The Morgan fingerprint density at radius 1 is 1.26 bits per heavy atom. The number of anilines is 1. The van der Waals surface area contributed by atoms with Crippen LogP contribution in [0.3, 0.4) is 0 Å². The van der Waals surface area contributed by atoms with Crippen LogP contribution in [0.25, 0.3) is 5.00 Å². The highest BCUT2D eigenvalue weighted by molar-refractivity contribution is 7.13. The third-order valence-corrected chi connectivity index (χ3v) is 5.87. The van der Waals surface area contributed by atoms with E-state index in [2.05, 4.69) is 51.2 Å². The number of rotatable bonds is 5. The molecule has 4 nitrogen and oxygen atoms in total. The van der Waals surface area contributed by atoms with Gasteiger partial charge in [-0.3, -0.25) is 4.84 Å².